The van der Waals surface area contributed by atoms with Gasteiger partial charge in [-0.25, -0.2) is 0 Å². The molecule has 1 aromatic heterocycles. The fraction of sp³-hybridized carbons (Fsp3) is 0. The van der Waals surface area contributed by atoms with Crippen molar-refractivity contribution in [2.75, 3.05) is 11.2 Å². The monoisotopic (exact) mass is 149 g/mol. The maximum absolute atomic E-state index is 5.52. The van der Waals surface area contributed by atoms with Crippen LogP contribution in [0.15, 0.2) is 0 Å². The molecule has 0 saturated heterocycles. The topological polar surface area (TPSA) is 75.9 Å². The molecule has 0 atom stereocenters. The minimum atomic E-state index is 0.383. The lowest BCUT2D eigenvalue weighted by atomic mass is 10.3. The first-order chi connectivity index (χ1) is 5.29. The summed E-state index contributed by atoms with van der Waals surface area (Å²) < 4.78 is 0. The highest BCUT2D eigenvalue weighted by Gasteiger charge is 2.06. The van der Waals surface area contributed by atoms with Crippen molar-refractivity contribution in [3.63, 3.8) is 0 Å². The molecule has 11 heavy (non-hydrogen) atoms. The van der Waals surface area contributed by atoms with Crippen LogP contribution in [0.5, 0.6) is 0 Å². The molecule has 1 aromatic rings. The molecule has 4 N–H and O–H groups in total. The minimum absolute atomic E-state index is 0.383. The van der Waals surface area contributed by atoms with Crippen LogP contribution in [0.3, 0.4) is 0 Å². The Morgan fingerprint density at radius 1 is 1.45 bits per heavy atom. The van der Waals surface area contributed by atoms with E-state index in [1.54, 1.807) is 6.20 Å². The standard InChI is InChI=1S/C6H7N5/c1-3-4-2-8-10-5(4)6(7)11-9-3/h2,8,10H,1,7H2. The highest BCUT2D eigenvalue weighted by atomic mass is 15.4. The van der Waals surface area contributed by atoms with Gasteiger partial charge in [0.05, 0.1) is 5.35 Å². The Labute approximate surface area is 62.6 Å². The van der Waals surface area contributed by atoms with Gasteiger partial charge in [-0.1, -0.05) is 6.58 Å². The van der Waals surface area contributed by atoms with Gasteiger partial charge in [-0.15, -0.1) is 10.2 Å². The Kier molecular flexibility index (Phi) is 1.00. The largest absolute Gasteiger partial charge is 0.380 e. The molecule has 56 valence electrons. The zero-order valence-electron chi connectivity index (χ0n) is 5.76. The smallest absolute Gasteiger partial charge is 0.172 e. The SMILES string of the molecule is C=c1nnc(N)c2c1=CNN2. The first-order valence-electron chi connectivity index (χ1n) is 3.12. The van der Waals surface area contributed by atoms with E-state index in [9.17, 15) is 0 Å². The van der Waals surface area contributed by atoms with Crippen molar-refractivity contribution in [3.8, 4) is 0 Å². The van der Waals surface area contributed by atoms with Crippen molar-refractivity contribution in [2.24, 2.45) is 0 Å². The van der Waals surface area contributed by atoms with Crippen LogP contribution in [0.2, 0.25) is 0 Å². The maximum Gasteiger partial charge on any atom is 0.172 e. The van der Waals surface area contributed by atoms with Crippen molar-refractivity contribution in [2.45, 2.75) is 0 Å². The van der Waals surface area contributed by atoms with Gasteiger partial charge in [-0.05, 0) is 0 Å². The summed E-state index contributed by atoms with van der Waals surface area (Å²) >= 11 is 0. The van der Waals surface area contributed by atoms with Crippen LogP contribution in [0.1, 0.15) is 0 Å². The molecule has 5 heteroatoms. The van der Waals surface area contributed by atoms with Crippen LogP contribution in [0.4, 0.5) is 11.5 Å². The third-order valence-electron chi connectivity index (χ3n) is 1.53. The van der Waals surface area contributed by atoms with E-state index < -0.39 is 0 Å². The van der Waals surface area contributed by atoms with Crippen LogP contribution in [-0.2, 0) is 0 Å². The van der Waals surface area contributed by atoms with E-state index >= 15 is 0 Å². The Morgan fingerprint density at radius 2 is 2.27 bits per heavy atom. The third-order valence-corrected chi connectivity index (χ3v) is 1.53. The molecule has 5 nitrogen and oxygen atoms in total. The van der Waals surface area contributed by atoms with Crippen LogP contribution in [0.25, 0.3) is 12.8 Å². The summed E-state index contributed by atoms with van der Waals surface area (Å²) in [6.07, 6.45) is 1.75. The molecule has 0 amide bonds. The van der Waals surface area contributed by atoms with Gasteiger partial charge in [0, 0.05) is 11.4 Å². The molecule has 2 rings (SSSR count). The Morgan fingerprint density at radius 3 is 3.00 bits per heavy atom. The van der Waals surface area contributed by atoms with E-state index in [2.05, 4.69) is 27.6 Å². The van der Waals surface area contributed by atoms with Gasteiger partial charge in [0.25, 0.3) is 0 Å². The number of rotatable bonds is 0. The van der Waals surface area contributed by atoms with Gasteiger partial charge < -0.3 is 11.2 Å². The summed E-state index contributed by atoms with van der Waals surface area (Å²) in [4.78, 5) is 0. The van der Waals surface area contributed by atoms with E-state index in [1.807, 2.05) is 0 Å². The summed E-state index contributed by atoms with van der Waals surface area (Å²) in [5.74, 6) is 0.383. The summed E-state index contributed by atoms with van der Waals surface area (Å²) in [6, 6.07) is 0. The zero-order valence-corrected chi connectivity index (χ0v) is 5.76. The molecule has 0 bridgehead atoms. The molecular weight excluding hydrogens is 142 g/mol. The second-order valence-electron chi connectivity index (χ2n) is 2.23. The van der Waals surface area contributed by atoms with Crippen LogP contribution in [0, 0.1) is 0 Å². The van der Waals surface area contributed by atoms with Gasteiger partial charge in [-0.2, -0.15) is 0 Å². The van der Waals surface area contributed by atoms with Crippen LogP contribution >= 0.6 is 0 Å². The highest BCUT2D eigenvalue weighted by molar-refractivity contribution is 5.66. The lowest BCUT2D eigenvalue weighted by Gasteiger charge is -1.99. The van der Waals surface area contributed by atoms with Crippen molar-refractivity contribution < 1.29 is 0 Å². The second-order valence-corrected chi connectivity index (χ2v) is 2.23. The number of aromatic nitrogens is 2. The number of hydrazine groups is 1. The Balaban J connectivity index is 2.91. The van der Waals surface area contributed by atoms with E-state index in [-0.39, 0.29) is 0 Å². The van der Waals surface area contributed by atoms with Crippen molar-refractivity contribution in [1.82, 2.24) is 15.6 Å². The van der Waals surface area contributed by atoms with Crippen molar-refractivity contribution in [1.29, 1.82) is 0 Å². The van der Waals surface area contributed by atoms with Gasteiger partial charge >= 0.3 is 0 Å². The molecule has 0 spiro atoms. The molecule has 1 aliphatic rings. The van der Waals surface area contributed by atoms with Gasteiger partial charge in [0.1, 0.15) is 5.69 Å². The minimum Gasteiger partial charge on any atom is -0.380 e. The summed E-state index contributed by atoms with van der Waals surface area (Å²) in [7, 11) is 0. The number of nitrogens with zero attached hydrogens (tertiary/aromatic N) is 2. The fourth-order valence-corrected chi connectivity index (χ4v) is 0.968. The van der Waals surface area contributed by atoms with E-state index in [4.69, 9.17) is 5.73 Å². The Bertz CT molecular complexity index is 396. The molecule has 0 saturated carbocycles. The number of anilines is 2. The number of nitrogens with two attached hydrogens (primary N) is 1. The number of hydrogen-bond acceptors (Lipinski definition) is 5. The fourth-order valence-electron chi connectivity index (χ4n) is 0.968. The molecular formula is C6H7N5. The first-order valence-corrected chi connectivity index (χ1v) is 3.12. The molecule has 0 aliphatic carbocycles. The average Bonchev–Trinajstić information content (AvgIpc) is 2.45. The predicted octanol–water partition coefficient (Wildman–Crippen LogP) is -1.86. The number of hydrogen-bond donors (Lipinski definition) is 3. The highest BCUT2D eigenvalue weighted by Crippen LogP contribution is 2.05. The number of nitrogens with one attached hydrogen (secondary N) is 2. The average molecular weight is 149 g/mol. The van der Waals surface area contributed by atoms with E-state index in [0.29, 0.717) is 11.2 Å². The number of nitrogen functional groups attached to an aromatic ring is 1. The molecule has 0 fully saturated rings. The first kappa shape index (κ1) is 5.96. The lowest BCUT2D eigenvalue weighted by Crippen LogP contribution is -2.28. The normalized spacial score (nSPS) is 12.7. The Hall–Kier alpha value is -1.78. The van der Waals surface area contributed by atoms with Gasteiger partial charge in [-0.3, -0.25) is 5.43 Å². The molecule has 2 heterocycles. The molecule has 0 unspecified atom stereocenters. The zero-order chi connectivity index (χ0) is 7.84. The predicted molar refractivity (Wildman–Crippen MR) is 42.4 cm³/mol. The van der Waals surface area contributed by atoms with Crippen LogP contribution < -0.4 is 27.2 Å². The van der Waals surface area contributed by atoms with Crippen molar-refractivity contribution >= 4 is 24.3 Å². The number of fused-ring (bicyclic) bond motifs is 1. The molecule has 0 radical (unpaired) electrons. The lowest BCUT2D eigenvalue weighted by molar-refractivity contribution is 0.998. The summed E-state index contributed by atoms with van der Waals surface area (Å²) in [6.45, 7) is 3.69. The van der Waals surface area contributed by atoms with Crippen LogP contribution in [-0.4, -0.2) is 10.2 Å². The van der Waals surface area contributed by atoms with Crippen molar-refractivity contribution in [3.05, 3.63) is 10.6 Å². The quantitative estimate of drug-likeness (QED) is 0.403. The third kappa shape index (κ3) is 0.706. The summed E-state index contributed by atoms with van der Waals surface area (Å²) in [5, 5.41) is 8.94. The molecule has 1 aliphatic heterocycles. The second kappa shape index (κ2) is 1.85. The van der Waals surface area contributed by atoms with E-state index in [1.165, 1.54) is 0 Å². The van der Waals surface area contributed by atoms with Gasteiger partial charge in [0.15, 0.2) is 5.82 Å². The van der Waals surface area contributed by atoms with E-state index in [0.717, 1.165) is 10.9 Å². The molecule has 0 aromatic carbocycles. The summed E-state index contributed by atoms with van der Waals surface area (Å²) in [5.41, 5.74) is 11.9. The maximum atomic E-state index is 5.52. The van der Waals surface area contributed by atoms with Gasteiger partial charge in [0.2, 0.25) is 0 Å².